The summed E-state index contributed by atoms with van der Waals surface area (Å²) in [6.45, 7) is 7.00. The van der Waals surface area contributed by atoms with Crippen molar-refractivity contribution < 1.29 is 14.6 Å². The van der Waals surface area contributed by atoms with E-state index in [1.54, 1.807) is 12.4 Å². The van der Waals surface area contributed by atoms with Crippen LogP contribution in [0.15, 0.2) is 30.7 Å². The molecule has 1 atom stereocenters. The minimum absolute atomic E-state index is 0.211. The Kier molecular flexibility index (Phi) is 6.01. The fraction of sp³-hybridized carbons (Fsp3) is 0.480. The summed E-state index contributed by atoms with van der Waals surface area (Å²) in [5, 5.41) is 15.6. The first-order chi connectivity index (χ1) is 16.3. The Morgan fingerprint density at radius 2 is 2.00 bits per heavy atom. The predicted octanol–water partition coefficient (Wildman–Crippen LogP) is 3.21. The summed E-state index contributed by atoms with van der Waals surface area (Å²) in [7, 11) is 2.14. The van der Waals surface area contributed by atoms with Gasteiger partial charge in [0.05, 0.1) is 36.9 Å². The highest BCUT2D eigenvalue weighted by molar-refractivity contribution is 5.65. The van der Waals surface area contributed by atoms with Crippen LogP contribution in [-0.2, 0) is 10.3 Å². The Balaban J connectivity index is 1.41. The van der Waals surface area contributed by atoms with Gasteiger partial charge in [-0.1, -0.05) is 0 Å². The van der Waals surface area contributed by atoms with Crippen LogP contribution in [0, 0.1) is 13.8 Å². The standard InChI is InChI=1S/C25H32N6O3/c1-16-10-18(11-21(17(16)2)25(32)6-9-33-15-25)22-13-27-23(26)24(29-22)34-20-12-28-31(14-20)19-4-7-30(3)8-5-19/h10-14,19,32H,4-9,15H2,1-3H3,(H2,26,27)/t25-/m1/s1. The van der Waals surface area contributed by atoms with Crippen molar-refractivity contribution >= 4 is 5.82 Å². The van der Waals surface area contributed by atoms with Crippen molar-refractivity contribution in [3.05, 3.63) is 47.4 Å². The van der Waals surface area contributed by atoms with Crippen molar-refractivity contribution in [1.82, 2.24) is 24.6 Å². The highest BCUT2D eigenvalue weighted by atomic mass is 16.5. The van der Waals surface area contributed by atoms with E-state index < -0.39 is 5.60 Å². The molecule has 0 bridgehead atoms. The maximum atomic E-state index is 11.1. The van der Waals surface area contributed by atoms with Gasteiger partial charge in [0.25, 0.3) is 5.88 Å². The smallest absolute Gasteiger partial charge is 0.263 e. The lowest BCUT2D eigenvalue weighted by Gasteiger charge is -2.28. The average Bonchev–Trinajstić information content (AvgIpc) is 3.47. The van der Waals surface area contributed by atoms with Gasteiger partial charge in [-0.05, 0) is 75.6 Å². The van der Waals surface area contributed by atoms with Crippen molar-refractivity contribution in [1.29, 1.82) is 0 Å². The van der Waals surface area contributed by atoms with Crippen LogP contribution in [0.5, 0.6) is 11.6 Å². The topological polar surface area (TPSA) is 112 Å². The summed E-state index contributed by atoms with van der Waals surface area (Å²) >= 11 is 0. The van der Waals surface area contributed by atoms with Crippen molar-refractivity contribution in [2.45, 2.75) is 44.8 Å². The Morgan fingerprint density at radius 1 is 1.21 bits per heavy atom. The van der Waals surface area contributed by atoms with Gasteiger partial charge in [0.15, 0.2) is 11.6 Å². The lowest BCUT2D eigenvalue weighted by atomic mass is 9.86. The molecular formula is C25H32N6O3. The van der Waals surface area contributed by atoms with Gasteiger partial charge in [-0.25, -0.2) is 9.97 Å². The third kappa shape index (κ3) is 4.38. The van der Waals surface area contributed by atoms with Crippen LogP contribution in [0.1, 0.15) is 42.0 Å². The summed E-state index contributed by atoms with van der Waals surface area (Å²) in [5.74, 6) is 1.03. The fourth-order valence-electron chi connectivity index (χ4n) is 4.80. The first-order valence-electron chi connectivity index (χ1n) is 11.8. The van der Waals surface area contributed by atoms with Gasteiger partial charge in [0, 0.05) is 18.6 Å². The van der Waals surface area contributed by atoms with Crippen LogP contribution in [0.2, 0.25) is 0 Å². The second-order valence-electron chi connectivity index (χ2n) is 9.54. The van der Waals surface area contributed by atoms with E-state index in [9.17, 15) is 5.11 Å². The van der Waals surface area contributed by atoms with Crippen LogP contribution >= 0.6 is 0 Å². The first kappa shape index (κ1) is 22.8. The van der Waals surface area contributed by atoms with Gasteiger partial charge in [-0.2, -0.15) is 5.10 Å². The Labute approximate surface area is 199 Å². The van der Waals surface area contributed by atoms with Gasteiger partial charge >= 0.3 is 0 Å². The first-order valence-corrected chi connectivity index (χ1v) is 11.8. The molecule has 2 fully saturated rings. The quantitative estimate of drug-likeness (QED) is 0.592. The van der Waals surface area contributed by atoms with Crippen LogP contribution < -0.4 is 10.5 Å². The molecule has 34 heavy (non-hydrogen) atoms. The molecule has 9 nitrogen and oxygen atoms in total. The van der Waals surface area contributed by atoms with E-state index in [0.717, 1.165) is 48.2 Å². The minimum Gasteiger partial charge on any atom is -0.433 e. The molecular weight excluding hydrogens is 432 g/mol. The molecule has 2 aromatic heterocycles. The van der Waals surface area contributed by atoms with Gasteiger partial charge in [0.2, 0.25) is 0 Å². The van der Waals surface area contributed by atoms with Gasteiger partial charge in [-0.15, -0.1) is 0 Å². The van der Waals surface area contributed by atoms with Crippen LogP contribution in [0.4, 0.5) is 5.82 Å². The molecule has 2 saturated heterocycles. The molecule has 3 N–H and O–H groups in total. The minimum atomic E-state index is -0.992. The lowest BCUT2D eigenvalue weighted by molar-refractivity contribution is 0.0226. The lowest BCUT2D eigenvalue weighted by Crippen LogP contribution is -2.31. The number of piperidine rings is 1. The number of ether oxygens (including phenoxy) is 2. The molecule has 0 aliphatic carbocycles. The van der Waals surface area contributed by atoms with E-state index in [0.29, 0.717) is 37.1 Å². The number of hydrogen-bond donors (Lipinski definition) is 2. The summed E-state index contributed by atoms with van der Waals surface area (Å²) in [6.07, 6.45) is 7.90. The van der Waals surface area contributed by atoms with Crippen molar-refractivity contribution in [3.8, 4) is 22.9 Å². The Bertz CT molecular complexity index is 1180. The highest BCUT2D eigenvalue weighted by Crippen LogP contribution is 2.37. The second kappa shape index (κ2) is 8.98. The fourth-order valence-corrected chi connectivity index (χ4v) is 4.80. The molecule has 4 heterocycles. The summed E-state index contributed by atoms with van der Waals surface area (Å²) < 4.78 is 13.5. The van der Waals surface area contributed by atoms with E-state index >= 15 is 0 Å². The van der Waals surface area contributed by atoms with E-state index in [1.165, 1.54) is 0 Å². The molecule has 0 saturated carbocycles. The molecule has 1 aromatic carbocycles. The number of aliphatic hydroxyl groups is 1. The molecule has 2 aliphatic heterocycles. The van der Waals surface area contributed by atoms with Gasteiger partial charge < -0.3 is 25.2 Å². The van der Waals surface area contributed by atoms with E-state index in [4.69, 9.17) is 15.2 Å². The molecule has 0 unspecified atom stereocenters. The van der Waals surface area contributed by atoms with Gasteiger partial charge in [-0.3, -0.25) is 4.68 Å². The number of nitrogens with two attached hydrogens (primary N) is 1. The highest BCUT2D eigenvalue weighted by Gasteiger charge is 2.36. The maximum absolute atomic E-state index is 11.1. The number of aryl methyl sites for hydroxylation is 1. The van der Waals surface area contributed by atoms with Crippen molar-refractivity contribution in [2.24, 2.45) is 0 Å². The summed E-state index contributed by atoms with van der Waals surface area (Å²) in [6, 6.07) is 4.38. The number of rotatable bonds is 5. The number of nitrogens with zero attached hydrogens (tertiary/aromatic N) is 5. The molecule has 3 aromatic rings. The Hall–Kier alpha value is -3.01. The molecule has 180 valence electrons. The third-order valence-electron chi connectivity index (χ3n) is 7.09. The average molecular weight is 465 g/mol. The summed E-state index contributed by atoms with van der Waals surface area (Å²) in [5.41, 5.74) is 9.55. The Morgan fingerprint density at radius 3 is 2.74 bits per heavy atom. The zero-order valence-electron chi connectivity index (χ0n) is 20.0. The normalized spacial score (nSPS) is 21.8. The largest absolute Gasteiger partial charge is 0.433 e. The number of aromatic nitrogens is 4. The molecule has 2 aliphatic rings. The SMILES string of the molecule is Cc1cc(-c2cnc(N)c(Oc3cnn(C4CCN(C)CC4)c3)n2)cc([C@@]2(O)CCOC2)c1C. The van der Waals surface area contributed by atoms with Gasteiger partial charge in [0.1, 0.15) is 5.60 Å². The van der Waals surface area contributed by atoms with Crippen LogP contribution in [-0.4, -0.2) is 63.1 Å². The molecule has 0 spiro atoms. The number of nitrogen functional groups attached to an aromatic ring is 1. The summed E-state index contributed by atoms with van der Waals surface area (Å²) in [4.78, 5) is 11.3. The molecule has 0 radical (unpaired) electrons. The number of benzene rings is 1. The molecule has 9 heteroatoms. The van der Waals surface area contributed by atoms with Crippen molar-refractivity contribution in [3.63, 3.8) is 0 Å². The second-order valence-corrected chi connectivity index (χ2v) is 9.54. The third-order valence-corrected chi connectivity index (χ3v) is 7.09. The zero-order chi connectivity index (χ0) is 23.9. The van der Waals surface area contributed by atoms with Crippen LogP contribution in [0.25, 0.3) is 11.3 Å². The zero-order valence-corrected chi connectivity index (χ0v) is 20.0. The maximum Gasteiger partial charge on any atom is 0.263 e. The molecule has 5 rings (SSSR count). The van der Waals surface area contributed by atoms with E-state index in [1.807, 2.05) is 36.9 Å². The molecule has 0 amide bonds. The number of anilines is 1. The monoisotopic (exact) mass is 464 g/mol. The van der Waals surface area contributed by atoms with E-state index in [-0.39, 0.29) is 11.7 Å². The van der Waals surface area contributed by atoms with Crippen molar-refractivity contribution in [2.75, 3.05) is 39.1 Å². The van der Waals surface area contributed by atoms with Crippen LogP contribution in [0.3, 0.4) is 0 Å². The predicted molar refractivity (Wildman–Crippen MR) is 129 cm³/mol. The number of likely N-dealkylation sites (tertiary alicyclic amines) is 1. The van der Waals surface area contributed by atoms with E-state index in [2.05, 4.69) is 27.0 Å². The number of hydrogen-bond acceptors (Lipinski definition) is 8.